The smallest absolute Gasteiger partial charge is 0.240 e. The third-order valence-corrected chi connectivity index (χ3v) is 9.52. The summed E-state index contributed by atoms with van der Waals surface area (Å²) >= 11 is 1.74. The number of piperidine rings is 1. The van der Waals surface area contributed by atoms with Crippen molar-refractivity contribution in [1.82, 2.24) is 15.0 Å². The number of nitrogens with zero attached hydrogens (tertiary/aromatic N) is 3. The van der Waals surface area contributed by atoms with Crippen LogP contribution in [0.15, 0.2) is 64.0 Å². The highest BCUT2D eigenvalue weighted by molar-refractivity contribution is 7.99. The number of thioether (sulfide) groups is 1. The molecule has 1 aromatic heterocycles. The van der Waals surface area contributed by atoms with Gasteiger partial charge in [-0.05, 0) is 67.3 Å². The normalized spacial score (nSPS) is 23.1. The molecule has 7 heteroatoms. The van der Waals surface area contributed by atoms with Crippen LogP contribution in [-0.4, -0.2) is 39.0 Å². The molecule has 3 atom stereocenters. The molecule has 1 aliphatic carbocycles. The third kappa shape index (κ3) is 6.10. The lowest BCUT2D eigenvalue weighted by molar-refractivity contribution is -0.0101. The van der Waals surface area contributed by atoms with Crippen LogP contribution in [0.4, 0.5) is 4.39 Å². The largest absolute Gasteiger partial charge is 0.377 e. The van der Waals surface area contributed by atoms with Gasteiger partial charge in [0.2, 0.25) is 11.7 Å². The number of rotatable bonds is 9. The van der Waals surface area contributed by atoms with Gasteiger partial charge < -0.3 is 9.63 Å². The van der Waals surface area contributed by atoms with Crippen LogP contribution in [0, 0.1) is 23.6 Å². The van der Waals surface area contributed by atoms with E-state index in [-0.39, 0.29) is 11.7 Å². The third-order valence-electron chi connectivity index (χ3n) is 8.34. The zero-order valence-electron chi connectivity index (χ0n) is 21.7. The van der Waals surface area contributed by atoms with E-state index in [2.05, 4.69) is 17.0 Å². The number of hydrogen-bond donors (Lipinski definition) is 1. The fourth-order valence-electron chi connectivity index (χ4n) is 6.21. The van der Waals surface area contributed by atoms with E-state index < -0.39 is 5.60 Å². The minimum atomic E-state index is -1.23. The maximum absolute atomic E-state index is 13.6. The lowest BCUT2D eigenvalue weighted by Gasteiger charge is -2.37. The summed E-state index contributed by atoms with van der Waals surface area (Å²) in [5, 5.41) is 16.4. The molecule has 2 fully saturated rings. The second kappa shape index (κ2) is 12.1. The Morgan fingerprint density at radius 2 is 1.86 bits per heavy atom. The highest BCUT2D eigenvalue weighted by Crippen LogP contribution is 2.43. The van der Waals surface area contributed by atoms with Gasteiger partial charge in [0.05, 0.1) is 6.54 Å². The van der Waals surface area contributed by atoms with E-state index >= 15 is 0 Å². The van der Waals surface area contributed by atoms with Crippen molar-refractivity contribution in [1.29, 1.82) is 0 Å². The summed E-state index contributed by atoms with van der Waals surface area (Å²) in [5.41, 5.74) is -0.393. The number of halogens is 1. The van der Waals surface area contributed by atoms with Gasteiger partial charge >= 0.3 is 0 Å². The fourth-order valence-corrected chi connectivity index (χ4v) is 7.37. The van der Waals surface area contributed by atoms with Crippen LogP contribution in [0.3, 0.4) is 0 Å². The number of hydrogen-bond acceptors (Lipinski definition) is 6. The average Bonchev–Trinajstić information content (AvgIpc) is 3.41. The molecule has 37 heavy (non-hydrogen) atoms. The lowest BCUT2D eigenvalue weighted by Crippen LogP contribution is -2.41. The Balaban J connectivity index is 1.28. The van der Waals surface area contributed by atoms with Gasteiger partial charge in [-0.1, -0.05) is 74.2 Å². The van der Waals surface area contributed by atoms with Gasteiger partial charge in [0.15, 0.2) is 5.60 Å². The molecule has 1 saturated carbocycles. The molecular formula is C30H38FN3O2S. The van der Waals surface area contributed by atoms with Crippen LogP contribution in [0.2, 0.25) is 0 Å². The first-order valence-corrected chi connectivity index (χ1v) is 14.8. The van der Waals surface area contributed by atoms with E-state index in [0.29, 0.717) is 30.1 Å². The van der Waals surface area contributed by atoms with Gasteiger partial charge in [-0.3, -0.25) is 4.90 Å². The van der Waals surface area contributed by atoms with Crippen molar-refractivity contribution in [3.63, 3.8) is 0 Å². The Bertz CT molecular complexity index is 1140. The predicted molar refractivity (Wildman–Crippen MR) is 145 cm³/mol. The second-order valence-electron chi connectivity index (χ2n) is 10.7. The summed E-state index contributed by atoms with van der Waals surface area (Å²) in [4.78, 5) is 8.15. The molecule has 3 aromatic rings. The molecule has 0 radical (unpaired) electrons. The summed E-state index contributed by atoms with van der Waals surface area (Å²) in [6.07, 6.45) is 7.65. The molecule has 198 valence electrons. The van der Waals surface area contributed by atoms with Gasteiger partial charge in [0.25, 0.3) is 0 Å². The molecule has 1 aliphatic heterocycles. The molecule has 2 unspecified atom stereocenters. The minimum Gasteiger partial charge on any atom is -0.377 e. The Hall–Kier alpha value is -2.22. The minimum absolute atomic E-state index is 0.0821. The molecule has 5 rings (SSSR count). The average molecular weight is 524 g/mol. The fraction of sp³-hybridized carbons (Fsp3) is 0.533. The standard InChI is InChI=1S/C30H38FN3O2S/c1-2-22-16-17-34(19-23(22)21-37-27-15-9-14-26(31)18-27)20-28-32-29(33-36-28)30(35,24-10-5-3-6-11-24)25-12-7-4-8-13-25/h3,5-6,9-11,14-15,18,22-23,25,35H,2,4,7-8,12-13,16-17,19-21H2,1H3/t22?,23-,30?/m0/s1. The van der Waals surface area contributed by atoms with Crippen LogP contribution in [0.1, 0.15) is 69.1 Å². The van der Waals surface area contributed by atoms with Gasteiger partial charge in [-0.2, -0.15) is 4.98 Å². The van der Waals surface area contributed by atoms with Crippen molar-refractivity contribution >= 4 is 11.8 Å². The Kier molecular flexibility index (Phi) is 8.63. The Morgan fingerprint density at radius 3 is 2.62 bits per heavy atom. The molecule has 5 nitrogen and oxygen atoms in total. The quantitative estimate of drug-likeness (QED) is 0.316. The summed E-state index contributed by atoms with van der Waals surface area (Å²) in [6, 6.07) is 16.7. The van der Waals surface area contributed by atoms with Crippen molar-refractivity contribution in [2.45, 2.75) is 68.9 Å². The first-order chi connectivity index (χ1) is 18.1. The predicted octanol–water partition coefficient (Wildman–Crippen LogP) is 6.67. The Morgan fingerprint density at radius 1 is 1.05 bits per heavy atom. The number of aromatic nitrogens is 2. The van der Waals surface area contributed by atoms with Crippen molar-refractivity contribution in [2.24, 2.45) is 17.8 Å². The molecule has 2 heterocycles. The van der Waals surface area contributed by atoms with Crippen molar-refractivity contribution in [2.75, 3.05) is 18.8 Å². The molecule has 1 N–H and O–H groups in total. The number of aliphatic hydroxyl groups is 1. The summed E-state index contributed by atoms with van der Waals surface area (Å²) in [5.74, 6) is 2.98. The van der Waals surface area contributed by atoms with Crippen LogP contribution in [0.5, 0.6) is 0 Å². The Labute approximate surface area is 223 Å². The van der Waals surface area contributed by atoms with E-state index in [0.717, 1.165) is 67.8 Å². The highest BCUT2D eigenvalue weighted by atomic mass is 32.2. The van der Waals surface area contributed by atoms with E-state index in [9.17, 15) is 9.50 Å². The van der Waals surface area contributed by atoms with Crippen LogP contribution < -0.4 is 0 Å². The van der Waals surface area contributed by atoms with Crippen molar-refractivity contribution < 1.29 is 14.0 Å². The van der Waals surface area contributed by atoms with Gasteiger partial charge in [0.1, 0.15) is 5.82 Å². The van der Waals surface area contributed by atoms with Crippen LogP contribution >= 0.6 is 11.8 Å². The molecule has 1 saturated heterocycles. The highest BCUT2D eigenvalue weighted by Gasteiger charge is 2.44. The lowest BCUT2D eigenvalue weighted by atomic mass is 9.73. The molecular weight excluding hydrogens is 485 g/mol. The SMILES string of the molecule is CCC1CCN(Cc2nc(C(O)(c3ccccc3)C3CCCCC3)no2)C[C@H]1CSc1cccc(F)c1. The second-order valence-corrected chi connectivity index (χ2v) is 11.8. The first-order valence-electron chi connectivity index (χ1n) is 13.8. The molecule has 2 aliphatic rings. The van der Waals surface area contributed by atoms with Gasteiger partial charge in [0, 0.05) is 17.2 Å². The molecule has 0 bridgehead atoms. The van der Waals surface area contributed by atoms with Gasteiger partial charge in [-0.25, -0.2) is 4.39 Å². The van der Waals surface area contributed by atoms with Gasteiger partial charge in [-0.15, -0.1) is 11.8 Å². The number of likely N-dealkylation sites (tertiary alicyclic amines) is 1. The van der Waals surface area contributed by atoms with E-state index in [4.69, 9.17) is 9.51 Å². The zero-order valence-corrected chi connectivity index (χ0v) is 22.5. The number of benzene rings is 2. The van der Waals surface area contributed by atoms with Crippen molar-refractivity contribution in [3.05, 3.63) is 77.7 Å². The maximum atomic E-state index is 13.6. The van der Waals surface area contributed by atoms with Crippen molar-refractivity contribution in [3.8, 4) is 0 Å². The monoisotopic (exact) mass is 523 g/mol. The summed E-state index contributed by atoms with van der Waals surface area (Å²) < 4.78 is 19.4. The van der Waals surface area contributed by atoms with E-state index in [1.165, 1.54) is 12.5 Å². The molecule has 0 amide bonds. The first kappa shape index (κ1) is 26.4. The molecule has 0 spiro atoms. The topological polar surface area (TPSA) is 62.4 Å². The van der Waals surface area contributed by atoms with E-state index in [1.807, 2.05) is 36.4 Å². The molecule has 2 aromatic carbocycles. The van der Waals surface area contributed by atoms with E-state index in [1.54, 1.807) is 23.9 Å². The maximum Gasteiger partial charge on any atom is 0.240 e. The van der Waals surface area contributed by atoms with Crippen LogP contribution in [-0.2, 0) is 12.1 Å². The summed E-state index contributed by atoms with van der Waals surface area (Å²) in [6.45, 7) is 4.79. The van der Waals surface area contributed by atoms with Crippen LogP contribution in [0.25, 0.3) is 0 Å². The summed E-state index contributed by atoms with van der Waals surface area (Å²) in [7, 11) is 0. The zero-order chi connectivity index (χ0) is 25.7.